The van der Waals surface area contributed by atoms with Crippen LogP contribution in [0.15, 0.2) is 72.1 Å². The van der Waals surface area contributed by atoms with E-state index in [2.05, 4.69) is 16.0 Å². The highest BCUT2D eigenvalue weighted by Crippen LogP contribution is 2.13. The average molecular weight is 450 g/mol. The van der Waals surface area contributed by atoms with Crippen LogP contribution in [0.5, 0.6) is 0 Å². The molecule has 0 aliphatic rings. The summed E-state index contributed by atoms with van der Waals surface area (Å²) in [6.45, 7) is 2.24. The van der Waals surface area contributed by atoms with Crippen molar-refractivity contribution in [2.24, 2.45) is 0 Å². The number of thiophene rings is 1. The summed E-state index contributed by atoms with van der Waals surface area (Å²) in [6, 6.07) is 19.8. The predicted octanol–water partition coefficient (Wildman–Crippen LogP) is 4.14. The highest BCUT2D eigenvalue weighted by Gasteiger charge is 2.22. The molecule has 7 heteroatoms. The Hall–Kier alpha value is -3.45. The van der Waals surface area contributed by atoms with Crippen LogP contribution in [0.25, 0.3) is 0 Å². The Kier molecular flexibility index (Phi) is 8.57. The first-order chi connectivity index (χ1) is 15.5. The van der Waals surface area contributed by atoms with Gasteiger partial charge in [0, 0.05) is 25.1 Å². The summed E-state index contributed by atoms with van der Waals surface area (Å²) < 4.78 is 0. The number of amides is 3. The van der Waals surface area contributed by atoms with E-state index >= 15 is 0 Å². The summed E-state index contributed by atoms with van der Waals surface area (Å²) in [5.74, 6) is -0.566. The second-order valence-corrected chi connectivity index (χ2v) is 8.36. The highest BCUT2D eigenvalue weighted by atomic mass is 32.1. The van der Waals surface area contributed by atoms with Gasteiger partial charge in [-0.2, -0.15) is 0 Å². The Morgan fingerprint density at radius 3 is 2.44 bits per heavy atom. The second kappa shape index (κ2) is 11.8. The first-order valence-electron chi connectivity index (χ1n) is 10.6. The number of hydrogen-bond acceptors (Lipinski definition) is 4. The second-order valence-electron chi connectivity index (χ2n) is 7.41. The first-order valence-corrected chi connectivity index (χ1v) is 11.5. The Bertz CT molecular complexity index is 1040. The lowest BCUT2D eigenvalue weighted by atomic mass is 10.0. The van der Waals surface area contributed by atoms with Crippen molar-refractivity contribution in [3.63, 3.8) is 0 Å². The molecule has 0 radical (unpaired) electrons. The van der Waals surface area contributed by atoms with Crippen LogP contribution < -0.4 is 16.0 Å². The predicted molar refractivity (Wildman–Crippen MR) is 128 cm³/mol. The van der Waals surface area contributed by atoms with Crippen molar-refractivity contribution >= 4 is 34.7 Å². The standard InChI is InChI=1S/C25H27N3O3S/c1-2-8-23(29)27-20-12-6-11-19(15-20)17-26-24(30)21(16-18-9-4-3-5-10-18)28-25(31)22-13-7-14-32-22/h3-7,9-15,21H,2,8,16-17H2,1H3,(H,26,30)(H,27,29)(H,28,31). The molecule has 0 bridgehead atoms. The topological polar surface area (TPSA) is 87.3 Å². The van der Waals surface area contributed by atoms with Gasteiger partial charge in [0.2, 0.25) is 11.8 Å². The number of benzene rings is 2. The van der Waals surface area contributed by atoms with Crippen molar-refractivity contribution in [3.05, 3.63) is 88.1 Å². The fourth-order valence-electron chi connectivity index (χ4n) is 3.22. The van der Waals surface area contributed by atoms with Gasteiger partial charge < -0.3 is 16.0 Å². The molecule has 3 aromatic rings. The molecule has 0 aliphatic heterocycles. The summed E-state index contributed by atoms with van der Waals surface area (Å²) in [7, 11) is 0. The van der Waals surface area contributed by atoms with E-state index in [1.165, 1.54) is 11.3 Å². The minimum Gasteiger partial charge on any atom is -0.350 e. The summed E-state index contributed by atoms with van der Waals surface area (Å²) >= 11 is 1.33. The number of rotatable bonds is 10. The van der Waals surface area contributed by atoms with Gasteiger partial charge in [-0.3, -0.25) is 14.4 Å². The van der Waals surface area contributed by atoms with Crippen LogP contribution in [0.4, 0.5) is 5.69 Å². The van der Waals surface area contributed by atoms with Crippen LogP contribution >= 0.6 is 11.3 Å². The summed E-state index contributed by atoms with van der Waals surface area (Å²) in [5, 5.41) is 10.5. The van der Waals surface area contributed by atoms with Gasteiger partial charge in [-0.05, 0) is 41.1 Å². The van der Waals surface area contributed by atoms with Gasteiger partial charge in [0.15, 0.2) is 0 Å². The molecule has 0 fully saturated rings. The lowest BCUT2D eigenvalue weighted by molar-refractivity contribution is -0.123. The maximum atomic E-state index is 13.0. The van der Waals surface area contributed by atoms with Crippen molar-refractivity contribution in [2.45, 2.75) is 38.8 Å². The lowest BCUT2D eigenvalue weighted by Gasteiger charge is -2.18. The van der Waals surface area contributed by atoms with Crippen LogP contribution in [0, 0.1) is 0 Å². The third-order valence-corrected chi connectivity index (χ3v) is 5.67. The monoisotopic (exact) mass is 449 g/mol. The minimum absolute atomic E-state index is 0.0344. The van der Waals surface area contributed by atoms with Crippen LogP contribution in [0.1, 0.15) is 40.6 Å². The third-order valence-electron chi connectivity index (χ3n) is 4.80. The van der Waals surface area contributed by atoms with Crippen molar-refractivity contribution in [1.82, 2.24) is 10.6 Å². The zero-order valence-corrected chi connectivity index (χ0v) is 18.8. The molecule has 1 heterocycles. The Morgan fingerprint density at radius 2 is 1.72 bits per heavy atom. The molecule has 0 saturated heterocycles. The van der Waals surface area contributed by atoms with Crippen LogP contribution in [0.2, 0.25) is 0 Å². The number of carbonyl (C=O) groups excluding carboxylic acids is 3. The molecule has 3 amide bonds. The van der Waals surface area contributed by atoms with E-state index in [9.17, 15) is 14.4 Å². The molecule has 1 unspecified atom stereocenters. The third kappa shape index (κ3) is 7.06. The fourth-order valence-corrected chi connectivity index (χ4v) is 3.85. The molecule has 0 saturated carbocycles. The molecule has 0 spiro atoms. The maximum absolute atomic E-state index is 13.0. The highest BCUT2D eigenvalue weighted by molar-refractivity contribution is 7.12. The molecule has 3 rings (SSSR count). The van der Waals surface area contributed by atoms with Crippen LogP contribution in [-0.4, -0.2) is 23.8 Å². The van der Waals surface area contributed by atoms with Crippen LogP contribution in [0.3, 0.4) is 0 Å². The molecule has 2 aromatic carbocycles. The molecule has 6 nitrogen and oxygen atoms in total. The van der Waals surface area contributed by atoms with Crippen LogP contribution in [-0.2, 0) is 22.6 Å². The Balaban J connectivity index is 1.65. The van der Waals surface area contributed by atoms with E-state index < -0.39 is 6.04 Å². The van der Waals surface area contributed by atoms with E-state index in [-0.39, 0.29) is 24.3 Å². The number of anilines is 1. The zero-order chi connectivity index (χ0) is 22.8. The van der Waals surface area contributed by atoms with E-state index in [1.807, 2.05) is 66.9 Å². The zero-order valence-electron chi connectivity index (χ0n) is 18.0. The summed E-state index contributed by atoms with van der Waals surface area (Å²) in [4.78, 5) is 37.9. The fraction of sp³-hybridized carbons (Fsp3) is 0.240. The van der Waals surface area contributed by atoms with Gasteiger partial charge in [-0.15, -0.1) is 11.3 Å². The van der Waals surface area contributed by atoms with Gasteiger partial charge in [0.05, 0.1) is 4.88 Å². The average Bonchev–Trinajstić information content (AvgIpc) is 3.33. The van der Waals surface area contributed by atoms with Gasteiger partial charge in [-0.25, -0.2) is 0 Å². The van der Waals surface area contributed by atoms with Gasteiger partial charge in [0.1, 0.15) is 6.04 Å². The number of hydrogen-bond donors (Lipinski definition) is 3. The molecule has 3 N–H and O–H groups in total. The van der Waals surface area contributed by atoms with Gasteiger partial charge >= 0.3 is 0 Å². The number of carbonyl (C=O) groups is 3. The van der Waals surface area contributed by atoms with Crippen molar-refractivity contribution < 1.29 is 14.4 Å². The molecule has 166 valence electrons. The van der Waals surface area contributed by atoms with Gasteiger partial charge in [-0.1, -0.05) is 55.5 Å². The van der Waals surface area contributed by atoms with E-state index in [0.717, 1.165) is 17.5 Å². The van der Waals surface area contributed by atoms with Gasteiger partial charge in [0.25, 0.3) is 5.91 Å². The normalized spacial score (nSPS) is 11.4. The van der Waals surface area contributed by atoms with Crippen molar-refractivity contribution in [2.75, 3.05) is 5.32 Å². The Morgan fingerprint density at radius 1 is 0.938 bits per heavy atom. The van der Waals surface area contributed by atoms with E-state index in [4.69, 9.17) is 0 Å². The minimum atomic E-state index is -0.709. The SMILES string of the molecule is CCCC(=O)Nc1cccc(CNC(=O)C(Cc2ccccc2)NC(=O)c2cccs2)c1. The van der Waals surface area contributed by atoms with E-state index in [0.29, 0.717) is 23.4 Å². The smallest absolute Gasteiger partial charge is 0.262 e. The molecule has 0 aliphatic carbocycles. The summed E-state index contributed by atoms with van der Waals surface area (Å²) in [6.07, 6.45) is 1.63. The Labute approximate surface area is 192 Å². The van der Waals surface area contributed by atoms with Crippen molar-refractivity contribution in [1.29, 1.82) is 0 Å². The van der Waals surface area contributed by atoms with Crippen molar-refractivity contribution in [3.8, 4) is 0 Å². The molecule has 1 aromatic heterocycles. The first kappa shape index (κ1) is 23.2. The van der Waals surface area contributed by atoms with E-state index in [1.54, 1.807) is 12.1 Å². The lowest BCUT2D eigenvalue weighted by Crippen LogP contribution is -2.47. The maximum Gasteiger partial charge on any atom is 0.262 e. The molecule has 1 atom stereocenters. The molecule has 32 heavy (non-hydrogen) atoms. The molecular formula is C25H27N3O3S. The largest absolute Gasteiger partial charge is 0.350 e. The number of nitrogens with one attached hydrogen (secondary N) is 3. The molecular weight excluding hydrogens is 422 g/mol. The summed E-state index contributed by atoms with van der Waals surface area (Å²) in [5.41, 5.74) is 2.51. The quantitative estimate of drug-likeness (QED) is 0.435.